The van der Waals surface area contributed by atoms with E-state index in [2.05, 4.69) is 15.6 Å². The number of nitrogens with zero attached hydrogens (tertiary/aromatic N) is 2. The van der Waals surface area contributed by atoms with Crippen molar-refractivity contribution in [2.45, 2.75) is 44.1 Å². The largest absolute Gasteiger partial charge is 0.355 e. The molecule has 0 heterocycles. The summed E-state index contributed by atoms with van der Waals surface area (Å²) >= 11 is 0. The molecule has 3 rings (SSSR count). The van der Waals surface area contributed by atoms with Crippen LogP contribution in [0.4, 0.5) is 4.39 Å². The van der Waals surface area contributed by atoms with Gasteiger partial charge in [-0.15, -0.1) is 0 Å². The predicted octanol–water partition coefficient (Wildman–Crippen LogP) is 2.50. The second-order valence-electron chi connectivity index (χ2n) is 7.73. The number of benzene rings is 1. The quantitative estimate of drug-likeness (QED) is 0.627. The number of nitrogens with one attached hydrogen (secondary N) is 2. The Labute approximate surface area is 155 Å². The molecule has 0 spiro atoms. The summed E-state index contributed by atoms with van der Waals surface area (Å²) in [6, 6.07) is 7.13. The highest BCUT2D eigenvalue weighted by atomic mass is 19.1. The van der Waals surface area contributed by atoms with Gasteiger partial charge in [-0.05, 0) is 30.9 Å². The van der Waals surface area contributed by atoms with Crippen LogP contribution in [0.15, 0.2) is 29.3 Å². The Hall–Kier alpha value is -2.11. The van der Waals surface area contributed by atoms with Gasteiger partial charge in [0.15, 0.2) is 5.96 Å². The molecule has 1 amide bonds. The van der Waals surface area contributed by atoms with Crippen LogP contribution in [0.3, 0.4) is 0 Å². The minimum atomic E-state index is -0.338. The van der Waals surface area contributed by atoms with Crippen molar-refractivity contribution in [1.82, 2.24) is 15.5 Å². The summed E-state index contributed by atoms with van der Waals surface area (Å²) in [5.41, 5.74) is 0.422. The molecule has 5 nitrogen and oxygen atoms in total. The molecule has 0 bridgehead atoms. The molecule has 2 unspecified atom stereocenters. The van der Waals surface area contributed by atoms with Gasteiger partial charge in [0, 0.05) is 39.6 Å². The van der Waals surface area contributed by atoms with E-state index >= 15 is 0 Å². The van der Waals surface area contributed by atoms with Crippen molar-refractivity contribution in [3.05, 3.63) is 35.6 Å². The lowest BCUT2D eigenvalue weighted by Crippen LogP contribution is -2.49. The van der Waals surface area contributed by atoms with Crippen molar-refractivity contribution < 1.29 is 9.18 Å². The molecule has 0 aliphatic heterocycles. The fraction of sp³-hybridized carbons (Fsp3) is 0.600. The van der Waals surface area contributed by atoms with Gasteiger partial charge in [0.2, 0.25) is 5.91 Å². The molecule has 26 heavy (non-hydrogen) atoms. The Balaban J connectivity index is 1.57. The molecule has 0 saturated heterocycles. The minimum Gasteiger partial charge on any atom is -0.355 e. The third-order valence-electron chi connectivity index (χ3n) is 5.66. The summed E-state index contributed by atoms with van der Waals surface area (Å²) in [5, 5.41) is 6.72. The number of rotatable bonds is 5. The van der Waals surface area contributed by atoms with Crippen LogP contribution < -0.4 is 10.6 Å². The third-order valence-corrected chi connectivity index (χ3v) is 5.66. The molecule has 2 saturated carbocycles. The van der Waals surface area contributed by atoms with Gasteiger partial charge in [-0.3, -0.25) is 9.79 Å². The highest BCUT2D eigenvalue weighted by Crippen LogP contribution is 2.42. The SMILES string of the molecule is CN=C(NCC1(C(=O)N(C)C)CCCC1)NC1CC1c1ccccc1F. The fourth-order valence-electron chi connectivity index (χ4n) is 4.09. The van der Waals surface area contributed by atoms with Crippen molar-refractivity contribution in [2.75, 3.05) is 27.7 Å². The van der Waals surface area contributed by atoms with E-state index in [0.29, 0.717) is 12.5 Å². The van der Waals surface area contributed by atoms with E-state index in [0.717, 1.165) is 37.7 Å². The number of carbonyl (C=O) groups is 1. The van der Waals surface area contributed by atoms with Crippen LogP contribution in [0.1, 0.15) is 43.6 Å². The zero-order chi connectivity index (χ0) is 18.7. The molecular formula is C20H29FN4O. The summed E-state index contributed by atoms with van der Waals surface area (Å²) in [7, 11) is 5.36. The molecule has 2 aliphatic rings. The van der Waals surface area contributed by atoms with E-state index < -0.39 is 0 Å². The van der Waals surface area contributed by atoms with Crippen LogP contribution in [0.25, 0.3) is 0 Å². The highest BCUT2D eigenvalue weighted by Gasteiger charge is 2.43. The van der Waals surface area contributed by atoms with Gasteiger partial charge in [0.1, 0.15) is 5.82 Å². The molecule has 1 aromatic rings. The maximum Gasteiger partial charge on any atom is 0.230 e. The van der Waals surface area contributed by atoms with Gasteiger partial charge in [-0.2, -0.15) is 0 Å². The lowest BCUT2D eigenvalue weighted by molar-refractivity contribution is -0.138. The standard InChI is InChI=1S/C20H29FN4O/c1-22-19(23-13-20(10-6-7-11-20)18(26)25(2)3)24-17-12-15(17)14-8-4-5-9-16(14)21/h4-5,8-9,15,17H,6-7,10-13H2,1-3H3,(H2,22,23,24). The lowest BCUT2D eigenvalue weighted by Gasteiger charge is -2.31. The molecule has 1 aromatic carbocycles. The maximum absolute atomic E-state index is 13.9. The smallest absolute Gasteiger partial charge is 0.230 e. The minimum absolute atomic E-state index is 0.147. The Bertz CT molecular complexity index is 682. The van der Waals surface area contributed by atoms with Gasteiger partial charge in [-0.1, -0.05) is 31.0 Å². The molecule has 142 valence electrons. The molecule has 0 aromatic heterocycles. The summed E-state index contributed by atoms with van der Waals surface area (Å²) in [5.74, 6) is 0.908. The van der Waals surface area contributed by atoms with Gasteiger partial charge in [0.05, 0.1) is 5.41 Å². The number of guanidine groups is 1. The predicted molar refractivity (Wildman–Crippen MR) is 102 cm³/mol. The zero-order valence-electron chi connectivity index (χ0n) is 15.9. The monoisotopic (exact) mass is 360 g/mol. The zero-order valence-corrected chi connectivity index (χ0v) is 15.9. The van der Waals surface area contributed by atoms with Crippen LogP contribution >= 0.6 is 0 Å². The van der Waals surface area contributed by atoms with Crippen molar-refractivity contribution in [2.24, 2.45) is 10.4 Å². The molecule has 0 radical (unpaired) electrons. The maximum atomic E-state index is 13.9. The second kappa shape index (κ2) is 7.64. The first kappa shape index (κ1) is 18.7. The summed E-state index contributed by atoms with van der Waals surface area (Å²) in [4.78, 5) is 18.6. The van der Waals surface area contributed by atoms with E-state index in [-0.39, 0.29) is 29.1 Å². The van der Waals surface area contributed by atoms with Crippen molar-refractivity contribution >= 4 is 11.9 Å². The van der Waals surface area contributed by atoms with E-state index in [1.165, 1.54) is 6.07 Å². The van der Waals surface area contributed by atoms with Crippen LogP contribution in [0.5, 0.6) is 0 Å². The first-order valence-corrected chi connectivity index (χ1v) is 9.40. The molecule has 2 aliphatic carbocycles. The molecular weight excluding hydrogens is 331 g/mol. The number of halogens is 1. The van der Waals surface area contributed by atoms with Gasteiger partial charge in [0.25, 0.3) is 0 Å². The Morgan fingerprint density at radius 1 is 1.31 bits per heavy atom. The molecule has 6 heteroatoms. The normalized spacial score (nSPS) is 24.2. The van der Waals surface area contributed by atoms with Gasteiger partial charge < -0.3 is 15.5 Å². The molecule has 2 atom stereocenters. The first-order chi connectivity index (χ1) is 12.5. The molecule has 2 fully saturated rings. The van der Waals surface area contributed by atoms with Crippen LogP contribution in [-0.2, 0) is 4.79 Å². The van der Waals surface area contributed by atoms with E-state index in [1.54, 1.807) is 18.0 Å². The van der Waals surface area contributed by atoms with Crippen molar-refractivity contribution in [1.29, 1.82) is 0 Å². The van der Waals surface area contributed by atoms with E-state index in [9.17, 15) is 9.18 Å². The number of aliphatic imine (C=N–C) groups is 1. The van der Waals surface area contributed by atoms with Crippen molar-refractivity contribution in [3.63, 3.8) is 0 Å². The highest BCUT2D eigenvalue weighted by molar-refractivity contribution is 5.85. The summed E-state index contributed by atoms with van der Waals surface area (Å²) in [6.07, 6.45) is 4.89. The average Bonchev–Trinajstić information content (AvgIpc) is 3.22. The average molecular weight is 360 g/mol. The lowest BCUT2D eigenvalue weighted by atomic mass is 9.84. The summed E-state index contributed by atoms with van der Waals surface area (Å²) in [6.45, 7) is 0.584. The van der Waals surface area contributed by atoms with Crippen molar-refractivity contribution in [3.8, 4) is 0 Å². The second-order valence-corrected chi connectivity index (χ2v) is 7.73. The van der Waals surface area contributed by atoms with Gasteiger partial charge in [-0.25, -0.2) is 4.39 Å². The van der Waals surface area contributed by atoms with E-state index in [4.69, 9.17) is 0 Å². The van der Waals surface area contributed by atoms with E-state index in [1.807, 2.05) is 26.2 Å². The topological polar surface area (TPSA) is 56.7 Å². The van der Waals surface area contributed by atoms with Gasteiger partial charge >= 0.3 is 0 Å². The first-order valence-electron chi connectivity index (χ1n) is 9.40. The Morgan fingerprint density at radius 2 is 2.00 bits per heavy atom. The molecule has 2 N–H and O–H groups in total. The number of hydrogen-bond acceptors (Lipinski definition) is 2. The summed E-state index contributed by atoms with van der Waals surface area (Å²) < 4.78 is 13.9. The van der Waals surface area contributed by atoms with Crippen LogP contribution in [0.2, 0.25) is 0 Å². The third kappa shape index (κ3) is 3.84. The fourth-order valence-corrected chi connectivity index (χ4v) is 4.09. The number of hydrogen-bond donors (Lipinski definition) is 2. The number of carbonyl (C=O) groups excluding carboxylic acids is 1. The van der Waals surface area contributed by atoms with Crippen LogP contribution in [-0.4, -0.2) is 50.5 Å². The number of amides is 1. The Morgan fingerprint density at radius 3 is 2.62 bits per heavy atom. The van der Waals surface area contributed by atoms with Crippen LogP contribution in [0, 0.1) is 11.2 Å². The Kier molecular flexibility index (Phi) is 5.49.